The van der Waals surface area contributed by atoms with Crippen LogP contribution in [0.3, 0.4) is 0 Å². The van der Waals surface area contributed by atoms with Gasteiger partial charge in [0.2, 0.25) is 5.91 Å². The minimum atomic E-state index is -0.681. The van der Waals surface area contributed by atoms with E-state index in [1.54, 1.807) is 6.07 Å². The predicted octanol–water partition coefficient (Wildman–Crippen LogP) is 3.80. The Morgan fingerprint density at radius 1 is 1.02 bits per heavy atom. The van der Waals surface area contributed by atoms with Gasteiger partial charge < -0.3 is 25.3 Å². The number of rotatable bonds is 8. The highest BCUT2D eigenvalue weighted by atomic mass is 19.1. The number of aryl methyl sites for hydroxylation is 1. The lowest BCUT2D eigenvalue weighted by Crippen LogP contribution is -2.45. The smallest absolute Gasteiger partial charge is 0.330 e. The van der Waals surface area contributed by atoms with Gasteiger partial charge in [0.05, 0.1) is 7.11 Å². The molecule has 0 saturated carbocycles. The van der Waals surface area contributed by atoms with E-state index in [4.69, 9.17) is 4.74 Å². The van der Waals surface area contributed by atoms with E-state index in [1.807, 2.05) is 50.2 Å². The van der Waals surface area contributed by atoms with E-state index in [2.05, 4.69) is 16.0 Å². The maximum atomic E-state index is 15.6. The third-order valence-electron chi connectivity index (χ3n) is 8.42. The lowest BCUT2D eigenvalue weighted by molar-refractivity contribution is -0.122. The van der Waals surface area contributed by atoms with Gasteiger partial charge in [-0.1, -0.05) is 30.3 Å². The molecular formula is C34H36FN5O5. The summed E-state index contributed by atoms with van der Waals surface area (Å²) in [5.41, 5.74) is 4.48. The van der Waals surface area contributed by atoms with Gasteiger partial charge in [-0.15, -0.1) is 0 Å². The van der Waals surface area contributed by atoms with E-state index in [-0.39, 0.29) is 24.1 Å². The average Bonchev–Trinajstić information content (AvgIpc) is 3.03. The normalized spacial score (nSPS) is 14.6. The van der Waals surface area contributed by atoms with Crippen molar-refractivity contribution >= 4 is 17.5 Å². The molecule has 1 saturated heterocycles. The van der Waals surface area contributed by atoms with Crippen LogP contribution in [-0.2, 0) is 25.4 Å². The zero-order valence-corrected chi connectivity index (χ0v) is 25.9. The summed E-state index contributed by atoms with van der Waals surface area (Å²) in [5, 5.41) is 8.97. The van der Waals surface area contributed by atoms with Crippen LogP contribution in [0.2, 0.25) is 0 Å². The maximum absolute atomic E-state index is 15.6. The van der Waals surface area contributed by atoms with E-state index in [0.717, 1.165) is 32.4 Å². The van der Waals surface area contributed by atoms with Crippen molar-refractivity contribution in [2.24, 2.45) is 14.1 Å². The number of anilines is 1. The monoisotopic (exact) mass is 613 g/mol. The SMILES string of the molecule is COc1cc(-c2cccc(-c3cccc(NC(=O)c4cn(C)c(=O)n(C)c4=O)c3C)c2C)cc(F)c1CNC1CCC(=O)NC1. The molecule has 1 aromatic heterocycles. The number of nitrogens with zero attached hydrogens (tertiary/aromatic N) is 2. The fourth-order valence-corrected chi connectivity index (χ4v) is 5.73. The van der Waals surface area contributed by atoms with E-state index < -0.39 is 23.0 Å². The summed E-state index contributed by atoms with van der Waals surface area (Å²) in [7, 11) is 4.32. The van der Waals surface area contributed by atoms with Crippen molar-refractivity contribution in [3.05, 3.63) is 104 Å². The minimum absolute atomic E-state index is 0.0267. The van der Waals surface area contributed by atoms with Gasteiger partial charge in [-0.25, -0.2) is 9.18 Å². The van der Waals surface area contributed by atoms with E-state index in [0.29, 0.717) is 42.0 Å². The number of hydrogen-bond acceptors (Lipinski definition) is 6. The van der Waals surface area contributed by atoms with Crippen LogP contribution in [0.25, 0.3) is 22.3 Å². The second kappa shape index (κ2) is 12.9. The number of halogens is 1. The zero-order valence-electron chi connectivity index (χ0n) is 25.9. The molecule has 0 spiro atoms. The van der Waals surface area contributed by atoms with Gasteiger partial charge in [0.15, 0.2) is 0 Å². The lowest BCUT2D eigenvalue weighted by Gasteiger charge is -2.24. The third kappa shape index (κ3) is 6.30. The zero-order chi connectivity index (χ0) is 32.4. The first-order valence-electron chi connectivity index (χ1n) is 14.6. The summed E-state index contributed by atoms with van der Waals surface area (Å²) in [4.78, 5) is 49.3. The first kappa shape index (κ1) is 31.4. The molecule has 234 valence electrons. The molecule has 2 amide bonds. The van der Waals surface area contributed by atoms with Crippen LogP contribution in [-0.4, -0.2) is 40.6 Å². The van der Waals surface area contributed by atoms with Gasteiger partial charge in [0.25, 0.3) is 11.5 Å². The molecule has 1 aliphatic rings. The van der Waals surface area contributed by atoms with Crippen molar-refractivity contribution in [1.29, 1.82) is 0 Å². The third-order valence-corrected chi connectivity index (χ3v) is 8.42. The molecule has 0 radical (unpaired) electrons. The van der Waals surface area contributed by atoms with Gasteiger partial charge in [-0.3, -0.25) is 19.0 Å². The summed E-state index contributed by atoms with van der Waals surface area (Å²) in [6, 6.07) is 14.7. The van der Waals surface area contributed by atoms with Crippen molar-refractivity contribution in [2.45, 2.75) is 39.3 Å². The van der Waals surface area contributed by atoms with Crippen LogP contribution in [0.4, 0.5) is 10.1 Å². The van der Waals surface area contributed by atoms with Gasteiger partial charge in [0.1, 0.15) is 17.1 Å². The molecule has 1 aliphatic heterocycles. The number of piperidine rings is 1. The Labute approximate surface area is 259 Å². The molecule has 2 heterocycles. The summed E-state index contributed by atoms with van der Waals surface area (Å²) in [6.45, 7) is 4.60. The van der Waals surface area contributed by atoms with Gasteiger partial charge in [-0.05, 0) is 71.8 Å². The topological polar surface area (TPSA) is 123 Å². The molecule has 45 heavy (non-hydrogen) atoms. The average molecular weight is 614 g/mol. The predicted molar refractivity (Wildman–Crippen MR) is 171 cm³/mol. The number of aromatic nitrogens is 2. The molecule has 4 aromatic rings. The van der Waals surface area contributed by atoms with E-state index in [1.165, 1.54) is 38.0 Å². The van der Waals surface area contributed by atoms with Gasteiger partial charge in [-0.2, -0.15) is 0 Å². The molecule has 10 nitrogen and oxygen atoms in total. The van der Waals surface area contributed by atoms with Crippen molar-refractivity contribution in [3.63, 3.8) is 0 Å². The van der Waals surface area contributed by atoms with Crippen LogP contribution in [0.5, 0.6) is 5.75 Å². The van der Waals surface area contributed by atoms with E-state index >= 15 is 4.39 Å². The lowest BCUT2D eigenvalue weighted by atomic mass is 9.90. The molecule has 1 atom stereocenters. The first-order chi connectivity index (χ1) is 21.5. The van der Waals surface area contributed by atoms with E-state index in [9.17, 15) is 19.2 Å². The van der Waals surface area contributed by atoms with Crippen LogP contribution in [0.1, 0.15) is 39.9 Å². The number of nitrogens with one attached hydrogen (secondary N) is 3. The van der Waals surface area contributed by atoms with Crippen molar-refractivity contribution < 1.29 is 18.7 Å². The van der Waals surface area contributed by atoms with Crippen molar-refractivity contribution in [3.8, 4) is 28.0 Å². The standard InChI is InChI=1S/C34H36FN5O5/c1-19-23(21-14-28(35)26(30(15-21)45-5)17-36-22-12-13-31(41)37-16-22)8-6-9-24(19)25-10-7-11-29(20(25)2)38-32(42)27-18-39(3)34(44)40(4)33(27)43/h6-11,14-15,18,22,36H,12-13,16-17H2,1-5H3,(H,37,41)(H,38,42). The van der Waals surface area contributed by atoms with Crippen LogP contribution in [0.15, 0.2) is 64.3 Å². The maximum Gasteiger partial charge on any atom is 0.330 e. The Morgan fingerprint density at radius 3 is 2.40 bits per heavy atom. The number of hydrogen-bond donors (Lipinski definition) is 3. The summed E-state index contributed by atoms with van der Waals surface area (Å²) in [6.07, 6.45) is 2.36. The number of carbonyl (C=O) groups is 2. The fourth-order valence-electron chi connectivity index (χ4n) is 5.73. The largest absolute Gasteiger partial charge is 0.496 e. The fraction of sp³-hybridized carbons (Fsp3) is 0.294. The Bertz CT molecular complexity index is 1920. The second-order valence-corrected chi connectivity index (χ2v) is 11.3. The molecule has 1 fully saturated rings. The minimum Gasteiger partial charge on any atom is -0.496 e. The number of carbonyl (C=O) groups excluding carboxylic acids is 2. The Balaban J connectivity index is 1.44. The Morgan fingerprint density at radius 2 is 1.71 bits per heavy atom. The highest BCUT2D eigenvalue weighted by Crippen LogP contribution is 2.37. The number of ether oxygens (including phenoxy) is 1. The molecule has 3 aromatic carbocycles. The van der Waals surface area contributed by atoms with Crippen LogP contribution < -0.4 is 31.9 Å². The summed E-state index contributed by atoms with van der Waals surface area (Å²) < 4.78 is 23.2. The highest BCUT2D eigenvalue weighted by molar-refractivity contribution is 6.04. The number of methoxy groups -OCH3 is 1. The molecule has 0 bridgehead atoms. The van der Waals surface area contributed by atoms with Crippen molar-refractivity contribution in [1.82, 2.24) is 19.8 Å². The van der Waals surface area contributed by atoms with Gasteiger partial charge >= 0.3 is 5.69 Å². The number of benzene rings is 3. The summed E-state index contributed by atoms with van der Waals surface area (Å²) in [5.74, 6) is -0.569. The molecule has 3 N–H and O–H groups in total. The Hall–Kier alpha value is -5.03. The molecule has 11 heteroatoms. The first-order valence-corrected chi connectivity index (χ1v) is 14.6. The Kier molecular flexibility index (Phi) is 9.01. The molecule has 5 rings (SSSR count). The second-order valence-electron chi connectivity index (χ2n) is 11.3. The molecular weight excluding hydrogens is 577 g/mol. The molecule has 0 aliphatic carbocycles. The van der Waals surface area contributed by atoms with Crippen LogP contribution in [0, 0.1) is 19.7 Å². The van der Waals surface area contributed by atoms with Crippen molar-refractivity contribution in [2.75, 3.05) is 19.0 Å². The summed E-state index contributed by atoms with van der Waals surface area (Å²) >= 11 is 0. The quantitative estimate of drug-likeness (QED) is 0.278. The highest BCUT2D eigenvalue weighted by Gasteiger charge is 2.21. The van der Waals surface area contributed by atoms with Crippen LogP contribution >= 0.6 is 0 Å². The molecule has 1 unspecified atom stereocenters. The van der Waals surface area contributed by atoms with Gasteiger partial charge in [0, 0.05) is 57.1 Å². The number of amides is 2.